The fraction of sp³-hybridized carbons (Fsp3) is 0.294. The van der Waals surface area contributed by atoms with Crippen molar-refractivity contribution in [3.8, 4) is 0 Å². The molecule has 0 heterocycles. The molecule has 0 bridgehead atoms. The molecule has 2 rings (SSSR count). The van der Waals surface area contributed by atoms with E-state index in [-0.39, 0.29) is 11.9 Å². The largest absolute Gasteiger partial charge is 0.309 e. The molecule has 1 nitrogen and oxygen atoms in total. The molecule has 19 heavy (non-hydrogen) atoms. The molecule has 0 aliphatic heterocycles. The Balaban J connectivity index is 2.52. The van der Waals surface area contributed by atoms with Gasteiger partial charge in [-0.15, -0.1) is 0 Å². The third-order valence-corrected chi connectivity index (χ3v) is 3.49. The van der Waals surface area contributed by atoms with Crippen LogP contribution < -0.4 is 5.32 Å². The van der Waals surface area contributed by atoms with Crippen LogP contribution in [0.1, 0.15) is 33.9 Å². The Morgan fingerprint density at radius 1 is 0.895 bits per heavy atom. The first-order valence-electron chi connectivity index (χ1n) is 6.53. The van der Waals surface area contributed by atoms with E-state index >= 15 is 0 Å². The van der Waals surface area contributed by atoms with Crippen molar-refractivity contribution < 1.29 is 4.39 Å². The number of nitrogens with one attached hydrogen (secondary N) is 1. The van der Waals surface area contributed by atoms with E-state index in [1.807, 2.05) is 20.0 Å². The summed E-state index contributed by atoms with van der Waals surface area (Å²) in [7, 11) is 1.87. The molecule has 0 aliphatic rings. The molecule has 2 aromatic carbocycles. The van der Waals surface area contributed by atoms with Gasteiger partial charge in [-0.25, -0.2) is 4.39 Å². The number of benzene rings is 2. The summed E-state index contributed by atoms with van der Waals surface area (Å²) in [6, 6.07) is 11.4. The van der Waals surface area contributed by atoms with Crippen molar-refractivity contribution in [1.29, 1.82) is 0 Å². The van der Waals surface area contributed by atoms with Crippen LogP contribution in [0.4, 0.5) is 4.39 Å². The predicted octanol–water partition coefficient (Wildman–Crippen LogP) is 4.06. The number of hydrogen-bond donors (Lipinski definition) is 1. The Labute approximate surface area is 114 Å². The van der Waals surface area contributed by atoms with Gasteiger partial charge in [0.1, 0.15) is 5.82 Å². The fourth-order valence-corrected chi connectivity index (χ4v) is 2.51. The highest BCUT2D eigenvalue weighted by molar-refractivity contribution is 5.40. The van der Waals surface area contributed by atoms with Gasteiger partial charge in [-0.2, -0.15) is 0 Å². The van der Waals surface area contributed by atoms with Gasteiger partial charge < -0.3 is 5.32 Å². The van der Waals surface area contributed by atoms with Crippen LogP contribution in [-0.2, 0) is 0 Å². The molecule has 1 N–H and O–H groups in total. The van der Waals surface area contributed by atoms with E-state index in [0.29, 0.717) is 5.56 Å². The molecule has 0 saturated carbocycles. The van der Waals surface area contributed by atoms with Crippen molar-refractivity contribution in [3.05, 3.63) is 70.0 Å². The van der Waals surface area contributed by atoms with Gasteiger partial charge in [0.25, 0.3) is 0 Å². The molecule has 100 valence electrons. The number of halogens is 1. The number of hydrogen-bond acceptors (Lipinski definition) is 1. The summed E-state index contributed by atoms with van der Waals surface area (Å²) < 4.78 is 14.1. The van der Waals surface area contributed by atoms with E-state index in [1.54, 1.807) is 12.1 Å². The zero-order valence-electron chi connectivity index (χ0n) is 11.9. The third kappa shape index (κ3) is 2.85. The molecule has 0 amide bonds. The highest BCUT2D eigenvalue weighted by Crippen LogP contribution is 2.27. The minimum Gasteiger partial charge on any atom is -0.309 e. The lowest BCUT2D eigenvalue weighted by atomic mass is 9.93. The molecule has 0 spiro atoms. The minimum atomic E-state index is -0.162. The quantitative estimate of drug-likeness (QED) is 0.874. The van der Waals surface area contributed by atoms with E-state index < -0.39 is 0 Å². The number of rotatable bonds is 3. The van der Waals surface area contributed by atoms with Gasteiger partial charge in [-0.05, 0) is 45.0 Å². The molecule has 0 radical (unpaired) electrons. The Kier molecular flexibility index (Phi) is 4.01. The second kappa shape index (κ2) is 5.54. The van der Waals surface area contributed by atoms with E-state index in [9.17, 15) is 4.39 Å². The van der Waals surface area contributed by atoms with Gasteiger partial charge in [0, 0.05) is 5.56 Å². The molecule has 1 unspecified atom stereocenters. The molecule has 0 fully saturated rings. The SMILES string of the molecule is CNC(c1ccc(C)cc1C)c1cc(C)ccc1F. The Morgan fingerprint density at radius 3 is 2.16 bits per heavy atom. The van der Waals surface area contributed by atoms with Crippen LogP contribution in [0, 0.1) is 26.6 Å². The molecule has 0 aliphatic carbocycles. The molecular weight excluding hydrogens is 237 g/mol. The van der Waals surface area contributed by atoms with Crippen LogP contribution in [0.5, 0.6) is 0 Å². The first-order valence-corrected chi connectivity index (χ1v) is 6.53. The molecule has 0 aromatic heterocycles. The predicted molar refractivity (Wildman–Crippen MR) is 78.0 cm³/mol. The van der Waals surface area contributed by atoms with Gasteiger partial charge in [0.15, 0.2) is 0 Å². The van der Waals surface area contributed by atoms with E-state index in [2.05, 4.69) is 37.4 Å². The van der Waals surface area contributed by atoms with Crippen molar-refractivity contribution in [2.75, 3.05) is 7.05 Å². The molecule has 0 saturated heterocycles. The maximum absolute atomic E-state index is 14.1. The van der Waals surface area contributed by atoms with Crippen LogP contribution in [0.3, 0.4) is 0 Å². The van der Waals surface area contributed by atoms with Crippen molar-refractivity contribution in [1.82, 2.24) is 5.32 Å². The van der Waals surface area contributed by atoms with Crippen molar-refractivity contribution in [2.24, 2.45) is 0 Å². The summed E-state index contributed by atoms with van der Waals surface area (Å²) in [4.78, 5) is 0. The highest BCUT2D eigenvalue weighted by Gasteiger charge is 2.18. The van der Waals surface area contributed by atoms with Crippen LogP contribution in [-0.4, -0.2) is 7.05 Å². The fourth-order valence-electron chi connectivity index (χ4n) is 2.51. The van der Waals surface area contributed by atoms with Crippen LogP contribution in [0.15, 0.2) is 36.4 Å². The van der Waals surface area contributed by atoms with Gasteiger partial charge >= 0.3 is 0 Å². The van der Waals surface area contributed by atoms with Gasteiger partial charge in [0.05, 0.1) is 6.04 Å². The van der Waals surface area contributed by atoms with Crippen molar-refractivity contribution in [2.45, 2.75) is 26.8 Å². The van der Waals surface area contributed by atoms with Gasteiger partial charge in [-0.1, -0.05) is 41.5 Å². The smallest absolute Gasteiger partial charge is 0.128 e. The molecule has 1 atom stereocenters. The summed E-state index contributed by atoms with van der Waals surface area (Å²) in [5.74, 6) is -0.162. The summed E-state index contributed by atoms with van der Waals surface area (Å²) in [5.41, 5.74) is 5.30. The lowest BCUT2D eigenvalue weighted by Gasteiger charge is -2.21. The summed E-state index contributed by atoms with van der Waals surface area (Å²) in [5, 5.41) is 3.22. The van der Waals surface area contributed by atoms with Crippen LogP contribution >= 0.6 is 0 Å². The standard InChI is InChI=1S/C17H20FN/c1-11-5-7-14(13(3)9-11)17(19-4)15-10-12(2)6-8-16(15)18/h5-10,17,19H,1-4H3. The van der Waals surface area contributed by atoms with Crippen molar-refractivity contribution >= 4 is 0 Å². The molecule has 2 aromatic rings. The average molecular weight is 257 g/mol. The lowest BCUT2D eigenvalue weighted by molar-refractivity contribution is 0.574. The van der Waals surface area contributed by atoms with Gasteiger partial charge in [-0.3, -0.25) is 0 Å². The monoisotopic (exact) mass is 257 g/mol. The lowest BCUT2D eigenvalue weighted by Crippen LogP contribution is -2.20. The third-order valence-electron chi connectivity index (χ3n) is 3.49. The maximum Gasteiger partial charge on any atom is 0.128 e. The zero-order valence-corrected chi connectivity index (χ0v) is 11.9. The minimum absolute atomic E-state index is 0.111. The first kappa shape index (κ1) is 13.8. The maximum atomic E-state index is 14.1. The number of aryl methyl sites for hydroxylation is 3. The first-order chi connectivity index (χ1) is 9.02. The summed E-state index contributed by atoms with van der Waals surface area (Å²) >= 11 is 0. The highest BCUT2D eigenvalue weighted by atomic mass is 19.1. The van der Waals surface area contributed by atoms with E-state index in [0.717, 1.165) is 11.1 Å². The molecular formula is C17H20FN. The van der Waals surface area contributed by atoms with E-state index in [4.69, 9.17) is 0 Å². The Hall–Kier alpha value is -1.67. The average Bonchev–Trinajstić information content (AvgIpc) is 2.36. The topological polar surface area (TPSA) is 12.0 Å². The Morgan fingerprint density at radius 2 is 1.53 bits per heavy atom. The molecule has 2 heteroatoms. The second-order valence-electron chi connectivity index (χ2n) is 5.11. The van der Waals surface area contributed by atoms with Crippen LogP contribution in [0.2, 0.25) is 0 Å². The summed E-state index contributed by atoms with van der Waals surface area (Å²) in [6.07, 6.45) is 0. The summed E-state index contributed by atoms with van der Waals surface area (Å²) in [6.45, 7) is 6.12. The van der Waals surface area contributed by atoms with Crippen LogP contribution in [0.25, 0.3) is 0 Å². The zero-order chi connectivity index (χ0) is 14.0. The van der Waals surface area contributed by atoms with Crippen molar-refractivity contribution in [3.63, 3.8) is 0 Å². The van der Waals surface area contributed by atoms with Gasteiger partial charge in [0.2, 0.25) is 0 Å². The van der Waals surface area contributed by atoms with E-state index in [1.165, 1.54) is 11.1 Å². The normalized spacial score (nSPS) is 12.5. The second-order valence-corrected chi connectivity index (χ2v) is 5.11. The Bertz CT molecular complexity index is 590.